The van der Waals surface area contributed by atoms with Crippen molar-refractivity contribution in [2.75, 3.05) is 19.0 Å². The lowest BCUT2D eigenvalue weighted by atomic mass is 10.2. The molecule has 0 saturated heterocycles. The van der Waals surface area contributed by atoms with Gasteiger partial charge in [-0.15, -0.1) is 0 Å². The number of carbonyl (C=O) groups is 1. The minimum Gasteiger partial charge on any atom is -0.494 e. The Morgan fingerprint density at radius 1 is 1.17 bits per heavy atom. The van der Waals surface area contributed by atoms with E-state index in [-0.39, 0.29) is 17.3 Å². The summed E-state index contributed by atoms with van der Waals surface area (Å²) in [4.78, 5) is 17.4. The molecule has 2 aromatic carbocycles. The van der Waals surface area contributed by atoms with Crippen LogP contribution >= 0.6 is 0 Å². The van der Waals surface area contributed by atoms with Crippen molar-refractivity contribution < 1.29 is 32.6 Å². The van der Waals surface area contributed by atoms with E-state index in [2.05, 4.69) is 15.2 Å². The lowest BCUT2D eigenvalue weighted by Gasteiger charge is -2.13. The Hall–Kier alpha value is -3.56. The second-order valence-electron chi connectivity index (χ2n) is 5.91. The molecule has 162 valence electrons. The van der Waals surface area contributed by atoms with Crippen LogP contribution in [0.2, 0.25) is 0 Å². The number of rotatable bonds is 10. The first-order chi connectivity index (χ1) is 14.3. The van der Waals surface area contributed by atoms with Gasteiger partial charge >= 0.3 is 6.61 Å². The Morgan fingerprint density at radius 3 is 2.47 bits per heavy atom. The molecular weight excluding hydrogens is 400 g/mol. The highest BCUT2D eigenvalue weighted by atomic mass is 19.3. The Bertz CT molecular complexity index is 875. The van der Waals surface area contributed by atoms with Crippen LogP contribution in [0.25, 0.3) is 0 Å². The van der Waals surface area contributed by atoms with Crippen LogP contribution in [0.15, 0.2) is 47.6 Å². The van der Waals surface area contributed by atoms with Crippen molar-refractivity contribution in [3.63, 3.8) is 0 Å². The Balaban J connectivity index is 1.99. The molecule has 0 heterocycles. The normalized spacial score (nSPS) is 12.3. The summed E-state index contributed by atoms with van der Waals surface area (Å²) in [5, 5.41) is 6.41. The number of methoxy groups -OCH3 is 1. The number of oxime groups is 1. The van der Waals surface area contributed by atoms with Crippen LogP contribution in [0.1, 0.15) is 19.4 Å². The van der Waals surface area contributed by atoms with Crippen molar-refractivity contribution in [3.8, 4) is 17.2 Å². The Kier molecular flexibility index (Phi) is 8.21. The first kappa shape index (κ1) is 22.7. The van der Waals surface area contributed by atoms with E-state index in [1.807, 2.05) is 6.92 Å². The second-order valence-corrected chi connectivity index (χ2v) is 5.91. The molecule has 0 fully saturated rings. The first-order valence-corrected chi connectivity index (χ1v) is 9.00. The maximum absolute atomic E-state index is 12.4. The number of amidine groups is 1. The van der Waals surface area contributed by atoms with E-state index >= 15 is 0 Å². The molecule has 0 aliphatic carbocycles. The molecule has 8 nitrogen and oxygen atoms in total. The number of hydrogen-bond donors (Lipinski definition) is 2. The van der Waals surface area contributed by atoms with E-state index in [4.69, 9.17) is 20.0 Å². The fourth-order valence-corrected chi connectivity index (χ4v) is 2.30. The number of anilines is 1. The summed E-state index contributed by atoms with van der Waals surface area (Å²) in [5.74, 6) is 0.0875. The third-order valence-corrected chi connectivity index (χ3v) is 3.79. The van der Waals surface area contributed by atoms with E-state index in [1.54, 1.807) is 24.3 Å². The fourth-order valence-electron chi connectivity index (χ4n) is 2.30. The molecule has 2 aromatic rings. The first-order valence-electron chi connectivity index (χ1n) is 9.00. The summed E-state index contributed by atoms with van der Waals surface area (Å²) in [6.07, 6.45) is -0.946. The average Bonchev–Trinajstić information content (AvgIpc) is 2.73. The highest BCUT2D eigenvalue weighted by Crippen LogP contribution is 2.29. The number of amides is 1. The summed E-state index contributed by atoms with van der Waals surface area (Å²) < 4.78 is 39.5. The fraction of sp³-hybridized carbons (Fsp3) is 0.300. The van der Waals surface area contributed by atoms with Gasteiger partial charge in [0.2, 0.25) is 6.10 Å². The molecule has 1 unspecified atom stereocenters. The van der Waals surface area contributed by atoms with Crippen molar-refractivity contribution in [2.24, 2.45) is 10.9 Å². The highest BCUT2D eigenvalue weighted by molar-refractivity contribution is 5.98. The smallest absolute Gasteiger partial charge is 0.387 e. The number of nitrogens with two attached hydrogens (primary N) is 1. The molecular formula is C20H23F2N3O5. The second kappa shape index (κ2) is 10.8. The molecule has 30 heavy (non-hydrogen) atoms. The van der Waals surface area contributed by atoms with Gasteiger partial charge in [-0.3, -0.25) is 4.79 Å². The molecule has 0 aliphatic rings. The van der Waals surface area contributed by atoms with Gasteiger partial charge < -0.3 is 30.1 Å². The van der Waals surface area contributed by atoms with Crippen LogP contribution in [-0.4, -0.2) is 38.2 Å². The lowest BCUT2D eigenvalue weighted by Crippen LogP contribution is -2.27. The van der Waals surface area contributed by atoms with Crippen LogP contribution in [0.3, 0.4) is 0 Å². The number of carbonyl (C=O) groups excluding carboxylic acids is 1. The van der Waals surface area contributed by atoms with Gasteiger partial charge in [0.25, 0.3) is 5.91 Å². The summed E-state index contributed by atoms with van der Waals surface area (Å²) in [7, 11) is 1.30. The third-order valence-electron chi connectivity index (χ3n) is 3.79. The number of nitrogens with one attached hydrogen (secondary N) is 1. The molecule has 10 heteroatoms. The molecule has 1 atom stereocenters. The number of nitrogens with zero attached hydrogens (tertiary/aromatic N) is 1. The summed E-state index contributed by atoms with van der Waals surface area (Å²) >= 11 is 0. The standard InChI is InChI=1S/C20H23F2N3O5/c1-4-28-15-8-6-14(7-9-15)24-19(26)12(2)30-25-18(23)13-5-10-16(29-20(21)22)17(11-13)27-3/h5-12,20H,4H2,1-3H3,(H2,23,25)(H,24,26). The topological polar surface area (TPSA) is 104 Å². The molecule has 2 rings (SSSR count). The van der Waals surface area contributed by atoms with Gasteiger partial charge in [0, 0.05) is 11.3 Å². The van der Waals surface area contributed by atoms with Gasteiger partial charge in [0.15, 0.2) is 17.3 Å². The van der Waals surface area contributed by atoms with Crippen LogP contribution in [0, 0.1) is 0 Å². The quantitative estimate of drug-likeness (QED) is 0.345. The minimum absolute atomic E-state index is 0.0484. The van der Waals surface area contributed by atoms with Gasteiger partial charge in [-0.05, 0) is 56.3 Å². The maximum Gasteiger partial charge on any atom is 0.387 e. The molecule has 0 spiro atoms. The van der Waals surface area contributed by atoms with Crippen molar-refractivity contribution in [1.82, 2.24) is 0 Å². The van der Waals surface area contributed by atoms with Gasteiger partial charge in [0.1, 0.15) is 5.75 Å². The molecule has 0 aromatic heterocycles. The zero-order valence-corrected chi connectivity index (χ0v) is 16.7. The molecule has 0 radical (unpaired) electrons. The van der Waals surface area contributed by atoms with E-state index in [0.29, 0.717) is 23.6 Å². The van der Waals surface area contributed by atoms with Gasteiger partial charge in [-0.1, -0.05) is 5.16 Å². The summed E-state index contributed by atoms with van der Waals surface area (Å²) in [6.45, 7) is 0.932. The monoisotopic (exact) mass is 423 g/mol. The van der Waals surface area contributed by atoms with Gasteiger partial charge in [0.05, 0.1) is 13.7 Å². The number of alkyl halides is 2. The maximum atomic E-state index is 12.4. The van der Waals surface area contributed by atoms with Crippen LogP contribution in [0.5, 0.6) is 17.2 Å². The number of ether oxygens (including phenoxy) is 3. The van der Waals surface area contributed by atoms with Gasteiger partial charge in [-0.25, -0.2) is 0 Å². The van der Waals surface area contributed by atoms with E-state index in [9.17, 15) is 13.6 Å². The number of halogens is 2. The molecule has 0 aliphatic heterocycles. The highest BCUT2D eigenvalue weighted by Gasteiger charge is 2.16. The SMILES string of the molecule is CCOc1ccc(NC(=O)C(C)O/N=C(/N)c2ccc(OC(F)F)c(OC)c2)cc1. The van der Waals surface area contributed by atoms with Crippen LogP contribution in [-0.2, 0) is 9.63 Å². The predicted octanol–water partition coefficient (Wildman–Crippen LogP) is 3.36. The van der Waals surface area contributed by atoms with Crippen molar-refractivity contribution in [3.05, 3.63) is 48.0 Å². The van der Waals surface area contributed by atoms with Crippen LogP contribution in [0.4, 0.5) is 14.5 Å². The predicted molar refractivity (Wildman–Crippen MR) is 107 cm³/mol. The van der Waals surface area contributed by atoms with Crippen LogP contribution < -0.4 is 25.3 Å². The molecule has 0 saturated carbocycles. The van der Waals surface area contributed by atoms with E-state index in [0.717, 1.165) is 0 Å². The zero-order valence-electron chi connectivity index (χ0n) is 16.7. The Morgan fingerprint density at radius 2 is 1.87 bits per heavy atom. The molecule has 1 amide bonds. The summed E-state index contributed by atoms with van der Waals surface area (Å²) in [6, 6.07) is 10.9. The average molecular weight is 423 g/mol. The largest absolute Gasteiger partial charge is 0.494 e. The van der Waals surface area contributed by atoms with Crippen molar-refractivity contribution >= 4 is 17.4 Å². The summed E-state index contributed by atoms with van der Waals surface area (Å²) in [5.41, 5.74) is 6.76. The van der Waals surface area contributed by atoms with Gasteiger partial charge in [-0.2, -0.15) is 8.78 Å². The molecule has 3 N–H and O–H groups in total. The minimum atomic E-state index is -2.99. The number of benzene rings is 2. The molecule has 0 bridgehead atoms. The van der Waals surface area contributed by atoms with Crippen molar-refractivity contribution in [1.29, 1.82) is 0 Å². The third kappa shape index (κ3) is 6.50. The van der Waals surface area contributed by atoms with E-state index < -0.39 is 18.6 Å². The van der Waals surface area contributed by atoms with E-state index in [1.165, 1.54) is 32.2 Å². The Labute approximate surface area is 172 Å². The lowest BCUT2D eigenvalue weighted by molar-refractivity contribution is -0.126. The number of hydrogen-bond acceptors (Lipinski definition) is 6. The van der Waals surface area contributed by atoms with Crippen molar-refractivity contribution in [2.45, 2.75) is 26.6 Å². The zero-order chi connectivity index (χ0) is 22.1.